The maximum Gasteiger partial charge on any atom is 0.257 e. The Morgan fingerprint density at radius 1 is 1.14 bits per heavy atom. The van der Waals surface area contributed by atoms with Gasteiger partial charge in [-0.1, -0.05) is 23.2 Å². The number of likely N-dealkylation sites (N-methyl/N-ethyl adjacent to an activating group) is 1. The van der Waals surface area contributed by atoms with Crippen molar-refractivity contribution < 1.29 is 14.3 Å². The predicted molar refractivity (Wildman–Crippen MR) is 113 cm³/mol. The fourth-order valence-corrected chi connectivity index (χ4v) is 2.99. The van der Waals surface area contributed by atoms with Gasteiger partial charge in [0.1, 0.15) is 5.75 Å². The van der Waals surface area contributed by atoms with Crippen molar-refractivity contribution in [2.24, 2.45) is 0 Å². The number of aromatic nitrogens is 2. The molecular weight excluding hydrogens is 415 g/mol. The highest BCUT2D eigenvalue weighted by Gasteiger charge is 2.21. The highest BCUT2D eigenvalue weighted by molar-refractivity contribution is 6.42. The summed E-state index contributed by atoms with van der Waals surface area (Å²) >= 11 is 11.8. The lowest BCUT2D eigenvalue weighted by Gasteiger charge is -2.17. The Balaban J connectivity index is 1.69. The number of nitrogens with zero attached hydrogens (tertiary/aromatic N) is 2. The van der Waals surface area contributed by atoms with Crippen LogP contribution in [0, 0.1) is 0 Å². The molecule has 0 radical (unpaired) electrons. The number of hydrogen-bond donors (Lipinski definition) is 2. The highest BCUT2D eigenvalue weighted by atomic mass is 35.5. The average molecular weight is 433 g/mol. The molecule has 9 heteroatoms. The van der Waals surface area contributed by atoms with E-state index in [4.69, 9.17) is 27.9 Å². The Morgan fingerprint density at radius 2 is 1.86 bits per heavy atom. The molecule has 1 aromatic heterocycles. The van der Waals surface area contributed by atoms with Crippen molar-refractivity contribution in [2.75, 3.05) is 26.0 Å². The van der Waals surface area contributed by atoms with Gasteiger partial charge in [-0.25, -0.2) is 0 Å². The molecule has 3 aromatic rings. The van der Waals surface area contributed by atoms with E-state index in [1.54, 1.807) is 44.5 Å². The number of rotatable bonds is 6. The van der Waals surface area contributed by atoms with E-state index in [0.717, 1.165) is 5.56 Å². The molecule has 1 heterocycles. The molecular formula is C20H18Cl2N4O3. The molecule has 150 valence electrons. The number of H-pyrrole nitrogens is 1. The summed E-state index contributed by atoms with van der Waals surface area (Å²) in [7, 11) is 3.12. The molecule has 0 atom stereocenters. The van der Waals surface area contributed by atoms with Gasteiger partial charge in [-0.3, -0.25) is 14.7 Å². The molecule has 0 saturated heterocycles. The molecule has 0 fully saturated rings. The van der Waals surface area contributed by atoms with E-state index in [0.29, 0.717) is 32.7 Å². The molecule has 0 unspecified atom stereocenters. The zero-order valence-corrected chi connectivity index (χ0v) is 17.2. The van der Waals surface area contributed by atoms with Crippen LogP contribution >= 0.6 is 23.2 Å². The number of aromatic amines is 1. The van der Waals surface area contributed by atoms with Gasteiger partial charge in [-0.05, 0) is 42.5 Å². The van der Waals surface area contributed by atoms with Crippen LogP contribution in [0.5, 0.6) is 5.75 Å². The Kier molecular flexibility index (Phi) is 6.41. The van der Waals surface area contributed by atoms with Gasteiger partial charge >= 0.3 is 0 Å². The summed E-state index contributed by atoms with van der Waals surface area (Å²) in [6.45, 7) is -0.147. The van der Waals surface area contributed by atoms with Crippen LogP contribution in [-0.4, -0.2) is 47.6 Å². The molecule has 0 aliphatic heterocycles. The summed E-state index contributed by atoms with van der Waals surface area (Å²) in [4.78, 5) is 26.4. The SMILES string of the molecule is COc1ccc(-c2[nH]ncc2C(=O)N(C)CC(=O)Nc2ccc(Cl)c(Cl)c2)cc1. The monoisotopic (exact) mass is 432 g/mol. The van der Waals surface area contributed by atoms with Crippen molar-refractivity contribution in [1.82, 2.24) is 15.1 Å². The van der Waals surface area contributed by atoms with Crippen LogP contribution in [0.2, 0.25) is 10.0 Å². The first-order chi connectivity index (χ1) is 13.9. The van der Waals surface area contributed by atoms with Crippen LogP contribution in [0.4, 0.5) is 5.69 Å². The topological polar surface area (TPSA) is 87.3 Å². The molecule has 0 spiro atoms. The first kappa shape index (κ1) is 20.7. The summed E-state index contributed by atoms with van der Waals surface area (Å²) in [5.74, 6) is -0.000165. The lowest BCUT2D eigenvalue weighted by molar-refractivity contribution is -0.116. The third kappa shape index (κ3) is 4.88. The van der Waals surface area contributed by atoms with Crippen LogP contribution in [0.3, 0.4) is 0 Å². The lowest BCUT2D eigenvalue weighted by atomic mass is 10.1. The number of benzene rings is 2. The minimum atomic E-state index is -0.367. The van der Waals surface area contributed by atoms with Gasteiger partial charge in [-0.15, -0.1) is 0 Å². The van der Waals surface area contributed by atoms with Crippen LogP contribution in [0.25, 0.3) is 11.3 Å². The second-order valence-corrected chi connectivity index (χ2v) is 7.04. The standard InChI is InChI=1S/C20H18Cl2N4O3/c1-26(11-18(27)24-13-5-8-16(21)17(22)9-13)20(28)15-10-23-25-19(15)12-3-6-14(29-2)7-4-12/h3-10H,11H2,1-2H3,(H,23,25)(H,24,27). The summed E-state index contributed by atoms with van der Waals surface area (Å²) in [5, 5.41) is 10.2. The predicted octanol–water partition coefficient (Wildman–Crippen LogP) is 4.10. The Morgan fingerprint density at radius 3 is 2.52 bits per heavy atom. The number of halogens is 2. The molecule has 2 N–H and O–H groups in total. The van der Waals surface area contributed by atoms with E-state index in [1.807, 2.05) is 12.1 Å². The van der Waals surface area contributed by atoms with Crippen molar-refractivity contribution >= 4 is 40.7 Å². The smallest absolute Gasteiger partial charge is 0.257 e. The van der Waals surface area contributed by atoms with E-state index < -0.39 is 0 Å². The summed E-state index contributed by atoms with van der Waals surface area (Å²) in [6.07, 6.45) is 1.44. The van der Waals surface area contributed by atoms with E-state index in [1.165, 1.54) is 11.1 Å². The van der Waals surface area contributed by atoms with Gasteiger partial charge < -0.3 is 15.0 Å². The highest BCUT2D eigenvalue weighted by Crippen LogP contribution is 2.26. The number of ether oxygens (including phenoxy) is 1. The fraction of sp³-hybridized carbons (Fsp3) is 0.150. The number of carbonyl (C=O) groups excluding carboxylic acids is 2. The van der Waals surface area contributed by atoms with Crippen molar-refractivity contribution in [2.45, 2.75) is 0 Å². The lowest BCUT2D eigenvalue weighted by Crippen LogP contribution is -2.35. The van der Waals surface area contributed by atoms with Crippen molar-refractivity contribution in [1.29, 1.82) is 0 Å². The summed E-state index contributed by atoms with van der Waals surface area (Å²) < 4.78 is 5.15. The zero-order chi connectivity index (χ0) is 21.0. The molecule has 7 nitrogen and oxygen atoms in total. The number of anilines is 1. The third-order valence-corrected chi connectivity index (χ3v) is 4.92. The third-order valence-electron chi connectivity index (χ3n) is 4.18. The van der Waals surface area contributed by atoms with Crippen molar-refractivity contribution in [3.63, 3.8) is 0 Å². The number of nitrogens with one attached hydrogen (secondary N) is 2. The average Bonchev–Trinajstić information content (AvgIpc) is 3.20. The number of methoxy groups -OCH3 is 1. The minimum absolute atomic E-state index is 0.147. The summed E-state index contributed by atoms with van der Waals surface area (Å²) in [5.41, 5.74) is 2.20. The van der Waals surface area contributed by atoms with Gasteiger partial charge in [0.05, 0.1) is 41.2 Å². The molecule has 29 heavy (non-hydrogen) atoms. The maximum atomic E-state index is 12.8. The quantitative estimate of drug-likeness (QED) is 0.613. The van der Waals surface area contributed by atoms with Crippen molar-refractivity contribution in [3.8, 4) is 17.0 Å². The number of carbonyl (C=O) groups is 2. The molecule has 0 bridgehead atoms. The summed E-state index contributed by atoms with van der Waals surface area (Å²) in [6, 6.07) is 12.0. The van der Waals surface area contributed by atoms with Crippen LogP contribution in [-0.2, 0) is 4.79 Å². The van der Waals surface area contributed by atoms with E-state index in [-0.39, 0.29) is 18.4 Å². The van der Waals surface area contributed by atoms with Gasteiger partial charge in [0.15, 0.2) is 0 Å². The second-order valence-electron chi connectivity index (χ2n) is 6.23. The van der Waals surface area contributed by atoms with E-state index >= 15 is 0 Å². The van der Waals surface area contributed by atoms with Gasteiger partial charge in [0.2, 0.25) is 5.91 Å². The van der Waals surface area contributed by atoms with Gasteiger partial charge in [0, 0.05) is 18.3 Å². The molecule has 0 aliphatic carbocycles. The first-order valence-corrected chi connectivity index (χ1v) is 9.32. The van der Waals surface area contributed by atoms with Gasteiger partial charge in [0.25, 0.3) is 5.91 Å². The molecule has 3 rings (SSSR count). The van der Waals surface area contributed by atoms with Gasteiger partial charge in [-0.2, -0.15) is 5.10 Å². The molecule has 0 aliphatic rings. The van der Waals surface area contributed by atoms with Crippen molar-refractivity contribution in [3.05, 3.63) is 64.3 Å². The first-order valence-electron chi connectivity index (χ1n) is 8.57. The molecule has 2 amide bonds. The Labute approximate surface area is 177 Å². The van der Waals surface area contributed by atoms with Crippen LogP contribution in [0.1, 0.15) is 10.4 Å². The molecule has 2 aromatic carbocycles. The van der Waals surface area contributed by atoms with E-state index in [2.05, 4.69) is 15.5 Å². The maximum absolute atomic E-state index is 12.8. The largest absolute Gasteiger partial charge is 0.497 e. The number of hydrogen-bond acceptors (Lipinski definition) is 4. The van der Waals surface area contributed by atoms with E-state index in [9.17, 15) is 9.59 Å². The minimum Gasteiger partial charge on any atom is -0.497 e. The van der Waals surface area contributed by atoms with Crippen LogP contribution in [0.15, 0.2) is 48.7 Å². The zero-order valence-electron chi connectivity index (χ0n) is 15.7. The fourth-order valence-electron chi connectivity index (χ4n) is 2.69. The Bertz CT molecular complexity index is 1030. The molecule has 0 saturated carbocycles. The normalized spacial score (nSPS) is 10.5. The Hall–Kier alpha value is -3.03. The van der Waals surface area contributed by atoms with Crippen LogP contribution < -0.4 is 10.1 Å². The number of amides is 2. The second kappa shape index (κ2) is 8.98.